The zero-order chi connectivity index (χ0) is 10.1. The summed E-state index contributed by atoms with van der Waals surface area (Å²) in [6, 6.07) is -1.08. The van der Waals surface area contributed by atoms with Crippen LogP contribution in [0, 0.1) is 0 Å². The fourth-order valence-corrected chi connectivity index (χ4v) is 1.32. The summed E-state index contributed by atoms with van der Waals surface area (Å²) in [6.07, 6.45) is -0.209. The average molecular weight is 194 g/mol. The van der Waals surface area contributed by atoms with Gasteiger partial charge in [0.1, 0.15) is 6.04 Å². The Bertz CT molecular complexity index is 211. The van der Waals surface area contributed by atoms with E-state index in [2.05, 4.69) is 0 Å². The van der Waals surface area contributed by atoms with Gasteiger partial charge in [0.15, 0.2) is 0 Å². The smallest absolute Gasteiger partial charge is 0.321 e. The van der Waals surface area contributed by atoms with Crippen molar-refractivity contribution in [3.05, 3.63) is 0 Å². The van der Waals surface area contributed by atoms with Crippen molar-refractivity contribution in [3.63, 3.8) is 0 Å². The third kappa shape index (κ3) is 2.89. The van der Waals surface area contributed by atoms with Gasteiger partial charge in [-0.15, -0.1) is 0 Å². The highest BCUT2D eigenvalue weighted by molar-refractivity contribution is 5.73. The van der Waals surface area contributed by atoms with Crippen molar-refractivity contribution < 1.29 is 18.7 Å². The molecule has 3 N–H and O–H groups in total. The Morgan fingerprint density at radius 1 is 1.69 bits per heavy atom. The number of nitrogens with zero attached hydrogens (tertiary/aromatic N) is 1. The predicted octanol–water partition coefficient (Wildman–Crippen LogP) is -0.261. The van der Waals surface area contributed by atoms with Gasteiger partial charge in [0.25, 0.3) is 5.92 Å². The summed E-state index contributed by atoms with van der Waals surface area (Å²) in [6.45, 7) is -0.174. The number of carboxylic acids is 1. The molecule has 0 aliphatic carbocycles. The number of carboxylic acid groups (broad SMARTS) is 1. The first-order chi connectivity index (χ1) is 5.91. The van der Waals surface area contributed by atoms with Crippen molar-refractivity contribution in [2.75, 3.05) is 19.6 Å². The number of nitrogens with two attached hydrogens (primary N) is 1. The van der Waals surface area contributed by atoms with E-state index in [1.807, 2.05) is 0 Å². The summed E-state index contributed by atoms with van der Waals surface area (Å²) in [5.74, 6) is -3.84. The first-order valence-electron chi connectivity index (χ1n) is 3.99. The Balaban J connectivity index is 2.36. The summed E-state index contributed by atoms with van der Waals surface area (Å²) in [4.78, 5) is 11.7. The lowest BCUT2D eigenvalue weighted by atomic mass is 10.3. The molecule has 0 aromatic rings. The molecule has 76 valence electrons. The van der Waals surface area contributed by atoms with Crippen LogP contribution in [0.25, 0.3) is 0 Å². The van der Waals surface area contributed by atoms with Gasteiger partial charge < -0.3 is 10.8 Å². The highest BCUT2D eigenvalue weighted by Crippen LogP contribution is 2.26. The van der Waals surface area contributed by atoms with Crippen molar-refractivity contribution in [1.29, 1.82) is 0 Å². The Morgan fingerprint density at radius 2 is 2.31 bits per heavy atom. The maximum Gasteiger partial charge on any atom is 0.321 e. The van der Waals surface area contributed by atoms with Crippen LogP contribution in [0.2, 0.25) is 0 Å². The summed E-state index contributed by atoms with van der Waals surface area (Å²) < 4.78 is 25.2. The minimum absolute atomic E-state index is 0.00900. The lowest BCUT2D eigenvalue weighted by Crippen LogP contribution is -2.42. The lowest BCUT2D eigenvalue weighted by molar-refractivity contribution is -0.139. The van der Waals surface area contributed by atoms with Crippen LogP contribution >= 0.6 is 0 Å². The number of carbonyl (C=O) groups is 1. The van der Waals surface area contributed by atoms with Crippen molar-refractivity contribution in [3.8, 4) is 0 Å². The predicted molar refractivity (Wildman–Crippen MR) is 41.6 cm³/mol. The zero-order valence-corrected chi connectivity index (χ0v) is 7.04. The molecule has 1 saturated heterocycles. The second-order valence-corrected chi connectivity index (χ2v) is 3.29. The minimum atomic E-state index is -2.68. The maximum absolute atomic E-state index is 12.6. The van der Waals surface area contributed by atoms with Gasteiger partial charge in [0.2, 0.25) is 0 Å². The van der Waals surface area contributed by atoms with E-state index < -0.39 is 17.9 Å². The lowest BCUT2D eigenvalue weighted by Gasteiger charge is -2.17. The molecule has 1 aliphatic heterocycles. The van der Waals surface area contributed by atoms with Gasteiger partial charge in [-0.2, -0.15) is 0 Å². The average Bonchev–Trinajstić information content (AvgIpc) is 2.30. The Labute approximate surface area is 74.3 Å². The van der Waals surface area contributed by atoms with Crippen LogP contribution in [-0.2, 0) is 4.79 Å². The second kappa shape index (κ2) is 3.55. The molecular formula is C7H12F2N2O2. The number of hydrogen-bond acceptors (Lipinski definition) is 3. The first kappa shape index (κ1) is 10.3. The number of alkyl halides is 2. The minimum Gasteiger partial charge on any atom is -0.480 e. The SMILES string of the molecule is NC(CN1CCC(F)(F)C1)C(=O)O. The van der Waals surface area contributed by atoms with Crippen LogP contribution in [0.4, 0.5) is 8.78 Å². The van der Waals surface area contributed by atoms with Crippen molar-refractivity contribution in [1.82, 2.24) is 4.90 Å². The third-order valence-corrected chi connectivity index (χ3v) is 2.02. The molecule has 0 aromatic heterocycles. The van der Waals surface area contributed by atoms with Gasteiger partial charge in [-0.05, 0) is 0 Å². The molecule has 0 radical (unpaired) electrons. The molecule has 1 rings (SSSR count). The molecule has 0 saturated carbocycles. The highest BCUT2D eigenvalue weighted by atomic mass is 19.3. The van der Waals surface area contributed by atoms with Crippen LogP contribution < -0.4 is 5.73 Å². The molecule has 0 amide bonds. The molecule has 1 aliphatic rings. The summed E-state index contributed by atoms with van der Waals surface area (Å²) in [7, 11) is 0. The quantitative estimate of drug-likeness (QED) is 0.649. The van der Waals surface area contributed by atoms with Gasteiger partial charge in [0, 0.05) is 19.5 Å². The van der Waals surface area contributed by atoms with Crippen molar-refractivity contribution >= 4 is 5.97 Å². The van der Waals surface area contributed by atoms with Crippen molar-refractivity contribution in [2.24, 2.45) is 5.73 Å². The van der Waals surface area contributed by atoms with Gasteiger partial charge in [-0.1, -0.05) is 0 Å². The van der Waals surface area contributed by atoms with Crippen LogP contribution in [0.1, 0.15) is 6.42 Å². The normalized spacial score (nSPS) is 24.5. The number of aliphatic carboxylic acids is 1. The van der Waals surface area contributed by atoms with E-state index in [1.165, 1.54) is 4.90 Å². The van der Waals surface area contributed by atoms with E-state index in [-0.39, 0.29) is 26.1 Å². The number of rotatable bonds is 3. The molecule has 4 nitrogen and oxygen atoms in total. The van der Waals surface area contributed by atoms with E-state index >= 15 is 0 Å². The standard InChI is InChI=1S/C7H12F2N2O2/c8-7(9)1-2-11(4-7)3-5(10)6(12)13/h5H,1-4,10H2,(H,12,13). The molecule has 6 heteroatoms. The first-order valence-corrected chi connectivity index (χ1v) is 3.99. The van der Waals surface area contributed by atoms with Gasteiger partial charge in [-0.3, -0.25) is 9.69 Å². The summed E-state index contributed by atoms with van der Waals surface area (Å²) >= 11 is 0. The molecule has 0 spiro atoms. The molecule has 1 atom stereocenters. The number of likely N-dealkylation sites (tertiary alicyclic amines) is 1. The van der Waals surface area contributed by atoms with E-state index in [0.29, 0.717) is 0 Å². The van der Waals surface area contributed by atoms with Crippen LogP contribution in [-0.4, -0.2) is 47.6 Å². The molecule has 1 unspecified atom stereocenters. The summed E-state index contributed by atoms with van der Waals surface area (Å²) in [5, 5.41) is 8.43. The number of hydrogen-bond donors (Lipinski definition) is 2. The third-order valence-electron chi connectivity index (χ3n) is 2.02. The monoisotopic (exact) mass is 194 g/mol. The van der Waals surface area contributed by atoms with Crippen molar-refractivity contribution in [2.45, 2.75) is 18.4 Å². The van der Waals surface area contributed by atoms with E-state index in [4.69, 9.17) is 10.8 Å². The Kier molecular flexibility index (Phi) is 2.82. The molecule has 1 fully saturated rings. The Hall–Kier alpha value is -0.750. The van der Waals surface area contributed by atoms with E-state index in [1.54, 1.807) is 0 Å². The van der Waals surface area contributed by atoms with Gasteiger partial charge in [0.05, 0.1) is 6.54 Å². The van der Waals surface area contributed by atoms with Crippen LogP contribution in [0.5, 0.6) is 0 Å². The fourth-order valence-electron chi connectivity index (χ4n) is 1.32. The largest absolute Gasteiger partial charge is 0.480 e. The highest BCUT2D eigenvalue weighted by Gasteiger charge is 2.38. The molecule has 1 heterocycles. The van der Waals surface area contributed by atoms with E-state index in [9.17, 15) is 13.6 Å². The summed E-state index contributed by atoms with van der Waals surface area (Å²) in [5.41, 5.74) is 5.20. The van der Waals surface area contributed by atoms with E-state index in [0.717, 1.165) is 0 Å². The molecule has 0 aromatic carbocycles. The molecule has 0 bridgehead atoms. The van der Waals surface area contributed by atoms with Gasteiger partial charge >= 0.3 is 5.97 Å². The molecule has 13 heavy (non-hydrogen) atoms. The zero-order valence-electron chi connectivity index (χ0n) is 7.04. The van der Waals surface area contributed by atoms with Gasteiger partial charge in [-0.25, -0.2) is 8.78 Å². The van der Waals surface area contributed by atoms with Crippen LogP contribution in [0.15, 0.2) is 0 Å². The molecular weight excluding hydrogens is 182 g/mol. The topological polar surface area (TPSA) is 66.6 Å². The van der Waals surface area contributed by atoms with Crippen LogP contribution in [0.3, 0.4) is 0 Å². The maximum atomic E-state index is 12.6. The fraction of sp³-hybridized carbons (Fsp3) is 0.857. The Morgan fingerprint density at radius 3 is 2.69 bits per heavy atom. The second-order valence-electron chi connectivity index (χ2n) is 3.29. The number of halogens is 2.